The first-order valence-corrected chi connectivity index (χ1v) is 7.13. The number of nitrogens with two attached hydrogens (primary N) is 1. The van der Waals surface area contributed by atoms with E-state index < -0.39 is 0 Å². The van der Waals surface area contributed by atoms with Crippen molar-refractivity contribution in [2.24, 2.45) is 7.05 Å². The highest BCUT2D eigenvalue weighted by Gasteiger charge is 2.26. The van der Waals surface area contributed by atoms with Gasteiger partial charge in [0.15, 0.2) is 5.65 Å². The Balaban J connectivity index is 2.32. The number of rotatable bonds is 1. The first-order chi connectivity index (χ1) is 9.79. The van der Waals surface area contributed by atoms with Gasteiger partial charge in [0.1, 0.15) is 11.5 Å². The standard InChI is InChI=1S/C15H18ClN5/c1-15(2,3)12-9(8-20(4)19-12)11-13(17)21-7-5-6-10(16)14(21)18-11/h5-8H,17H2,1-4H3. The minimum Gasteiger partial charge on any atom is -0.383 e. The van der Waals surface area contributed by atoms with Crippen molar-refractivity contribution in [1.82, 2.24) is 19.2 Å². The lowest BCUT2D eigenvalue weighted by atomic mass is 9.89. The van der Waals surface area contributed by atoms with Crippen molar-refractivity contribution in [2.75, 3.05) is 5.73 Å². The molecule has 5 nitrogen and oxygen atoms in total. The molecule has 21 heavy (non-hydrogen) atoms. The molecule has 2 N–H and O–H groups in total. The number of pyridine rings is 1. The molecule has 3 heterocycles. The third-order valence-corrected chi connectivity index (χ3v) is 3.73. The van der Waals surface area contributed by atoms with E-state index in [1.165, 1.54) is 0 Å². The summed E-state index contributed by atoms with van der Waals surface area (Å²) < 4.78 is 3.60. The van der Waals surface area contributed by atoms with Crippen molar-refractivity contribution < 1.29 is 0 Å². The lowest BCUT2D eigenvalue weighted by Gasteiger charge is -2.16. The Morgan fingerprint density at radius 3 is 2.62 bits per heavy atom. The van der Waals surface area contributed by atoms with Crippen molar-refractivity contribution in [3.8, 4) is 11.3 Å². The van der Waals surface area contributed by atoms with Crippen molar-refractivity contribution in [3.63, 3.8) is 0 Å². The van der Waals surface area contributed by atoms with Crippen LogP contribution in [0.2, 0.25) is 5.02 Å². The molecule has 0 unspecified atom stereocenters. The molecular weight excluding hydrogens is 286 g/mol. The summed E-state index contributed by atoms with van der Waals surface area (Å²) in [5, 5.41) is 5.15. The van der Waals surface area contributed by atoms with Crippen molar-refractivity contribution in [3.05, 3.63) is 35.2 Å². The molecule has 3 aromatic heterocycles. The van der Waals surface area contributed by atoms with Crippen molar-refractivity contribution in [1.29, 1.82) is 0 Å². The van der Waals surface area contributed by atoms with Gasteiger partial charge in [-0.1, -0.05) is 32.4 Å². The first-order valence-electron chi connectivity index (χ1n) is 6.75. The van der Waals surface area contributed by atoms with E-state index in [-0.39, 0.29) is 5.41 Å². The Morgan fingerprint density at radius 2 is 2.00 bits per heavy atom. The average molecular weight is 304 g/mol. The maximum absolute atomic E-state index is 6.27. The van der Waals surface area contributed by atoms with Crippen molar-refractivity contribution >= 4 is 23.1 Å². The normalized spacial score (nSPS) is 12.2. The van der Waals surface area contributed by atoms with Crippen LogP contribution in [-0.4, -0.2) is 19.2 Å². The third kappa shape index (κ3) is 2.17. The minimum atomic E-state index is -0.0946. The highest BCUT2D eigenvalue weighted by Crippen LogP contribution is 2.35. The number of fused-ring (bicyclic) bond motifs is 1. The lowest BCUT2D eigenvalue weighted by molar-refractivity contribution is 0.554. The number of nitrogen functional groups attached to an aromatic ring is 1. The zero-order valence-electron chi connectivity index (χ0n) is 12.6. The van der Waals surface area contributed by atoms with E-state index in [4.69, 9.17) is 17.3 Å². The van der Waals surface area contributed by atoms with Crippen LogP contribution in [0.5, 0.6) is 0 Å². The van der Waals surface area contributed by atoms with Gasteiger partial charge in [-0.25, -0.2) is 4.98 Å². The smallest absolute Gasteiger partial charge is 0.157 e. The van der Waals surface area contributed by atoms with Gasteiger partial charge >= 0.3 is 0 Å². The first kappa shape index (κ1) is 13.9. The molecule has 0 aliphatic heterocycles. The molecule has 0 aliphatic carbocycles. The Hall–Kier alpha value is -2.01. The number of halogens is 1. The van der Waals surface area contributed by atoms with Gasteiger partial charge < -0.3 is 5.73 Å². The summed E-state index contributed by atoms with van der Waals surface area (Å²) in [6, 6.07) is 3.66. The Bertz CT molecular complexity index is 823. The Labute approximate surface area is 128 Å². The molecular formula is C15H18ClN5. The Morgan fingerprint density at radius 1 is 1.29 bits per heavy atom. The number of hydrogen-bond donors (Lipinski definition) is 1. The number of nitrogens with zero attached hydrogens (tertiary/aromatic N) is 4. The fraction of sp³-hybridized carbons (Fsp3) is 0.333. The van der Waals surface area contributed by atoms with Crippen LogP contribution < -0.4 is 5.73 Å². The molecule has 0 amide bonds. The fourth-order valence-electron chi connectivity index (χ4n) is 2.47. The summed E-state index contributed by atoms with van der Waals surface area (Å²) in [4.78, 5) is 4.62. The SMILES string of the molecule is Cn1cc(-c2nc3c(Cl)cccn3c2N)c(C(C)(C)C)n1. The van der Waals surface area contributed by atoms with Gasteiger partial charge in [-0.05, 0) is 12.1 Å². The van der Waals surface area contributed by atoms with Gasteiger partial charge in [0.25, 0.3) is 0 Å². The topological polar surface area (TPSA) is 61.1 Å². The monoisotopic (exact) mass is 303 g/mol. The molecule has 0 atom stereocenters. The largest absolute Gasteiger partial charge is 0.383 e. The predicted molar refractivity (Wildman–Crippen MR) is 85.5 cm³/mol. The Kier molecular flexibility index (Phi) is 2.99. The third-order valence-electron chi connectivity index (χ3n) is 3.43. The molecule has 3 rings (SSSR count). The second kappa shape index (κ2) is 4.49. The van der Waals surface area contributed by atoms with Gasteiger partial charge in [-0.3, -0.25) is 9.08 Å². The second-order valence-electron chi connectivity index (χ2n) is 6.21. The summed E-state index contributed by atoms with van der Waals surface area (Å²) in [6.07, 6.45) is 3.81. The van der Waals surface area contributed by atoms with Crippen LogP contribution in [-0.2, 0) is 12.5 Å². The molecule has 0 radical (unpaired) electrons. The summed E-state index contributed by atoms with van der Waals surface area (Å²) in [5.74, 6) is 0.575. The van der Waals surface area contributed by atoms with Crippen LogP contribution in [0.3, 0.4) is 0 Å². The molecule has 0 aliphatic rings. The zero-order valence-corrected chi connectivity index (χ0v) is 13.3. The van der Waals surface area contributed by atoms with Crippen molar-refractivity contribution in [2.45, 2.75) is 26.2 Å². The minimum absolute atomic E-state index is 0.0946. The lowest BCUT2D eigenvalue weighted by Crippen LogP contribution is -2.14. The van der Waals surface area contributed by atoms with E-state index in [2.05, 4.69) is 30.9 Å². The second-order valence-corrected chi connectivity index (χ2v) is 6.62. The molecule has 6 heteroatoms. The van der Waals surface area contributed by atoms with E-state index in [0.29, 0.717) is 16.5 Å². The number of aryl methyl sites for hydroxylation is 1. The van der Waals surface area contributed by atoms with Crippen LogP contribution in [0.4, 0.5) is 5.82 Å². The molecule has 3 aromatic rings. The highest BCUT2D eigenvalue weighted by atomic mass is 35.5. The number of hydrogen-bond acceptors (Lipinski definition) is 3. The summed E-state index contributed by atoms with van der Waals surface area (Å²) in [6.45, 7) is 6.37. The summed E-state index contributed by atoms with van der Waals surface area (Å²) >= 11 is 6.20. The van der Waals surface area contributed by atoms with Crippen LogP contribution >= 0.6 is 11.6 Å². The molecule has 0 fully saturated rings. The van der Waals surface area contributed by atoms with Crippen LogP contribution in [0.25, 0.3) is 16.9 Å². The van der Waals surface area contributed by atoms with Crippen LogP contribution in [0.15, 0.2) is 24.5 Å². The van der Waals surface area contributed by atoms with E-state index in [1.54, 1.807) is 15.1 Å². The van der Waals surface area contributed by atoms with E-state index in [9.17, 15) is 0 Å². The number of imidazole rings is 1. The quantitative estimate of drug-likeness (QED) is 0.750. The number of anilines is 1. The average Bonchev–Trinajstić information content (AvgIpc) is 2.92. The molecule has 0 bridgehead atoms. The maximum Gasteiger partial charge on any atom is 0.157 e. The van der Waals surface area contributed by atoms with Gasteiger partial charge in [-0.15, -0.1) is 0 Å². The fourth-order valence-corrected chi connectivity index (χ4v) is 2.67. The van der Waals surface area contributed by atoms with Gasteiger partial charge in [0.2, 0.25) is 0 Å². The molecule has 0 saturated heterocycles. The van der Waals surface area contributed by atoms with Gasteiger partial charge in [-0.2, -0.15) is 5.10 Å². The maximum atomic E-state index is 6.27. The zero-order chi connectivity index (χ0) is 15.4. The van der Waals surface area contributed by atoms with Gasteiger partial charge in [0, 0.05) is 30.4 Å². The predicted octanol–water partition coefficient (Wildman–Crippen LogP) is 3.27. The number of aromatic nitrogens is 4. The molecule has 0 saturated carbocycles. The van der Waals surface area contributed by atoms with E-state index in [1.807, 2.05) is 25.5 Å². The van der Waals surface area contributed by atoms with Crippen LogP contribution in [0, 0.1) is 0 Å². The summed E-state index contributed by atoms with van der Waals surface area (Å²) in [5.41, 5.74) is 9.47. The van der Waals surface area contributed by atoms with Gasteiger partial charge in [0.05, 0.1) is 10.7 Å². The molecule has 0 aromatic carbocycles. The highest BCUT2D eigenvalue weighted by molar-refractivity contribution is 6.33. The van der Waals surface area contributed by atoms with E-state index >= 15 is 0 Å². The summed E-state index contributed by atoms with van der Waals surface area (Å²) in [7, 11) is 1.90. The molecule has 0 spiro atoms. The van der Waals surface area contributed by atoms with Crippen LogP contribution in [0.1, 0.15) is 26.5 Å². The van der Waals surface area contributed by atoms with E-state index in [0.717, 1.165) is 17.0 Å². The molecule has 110 valence electrons.